The van der Waals surface area contributed by atoms with Crippen molar-refractivity contribution in [2.75, 3.05) is 7.11 Å². The number of hydrogen-bond donors (Lipinski definition) is 1. The van der Waals surface area contributed by atoms with Gasteiger partial charge >= 0.3 is 0 Å². The van der Waals surface area contributed by atoms with Crippen LogP contribution in [0.2, 0.25) is 0 Å². The molecule has 5 heteroatoms. The summed E-state index contributed by atoms with van der Waals surface area (Å²) in [5, 5.41) is 9.93. The number of rotatable bonds is 3. The summed E-state index contributed by atoms with van der Waals surface area (Å²) in [6.45, 7) is 0. The Morgan fingerprint density at radius 1 is 1.40 bits per heavy atom. The van der Waals surface area contributed by atoms with Gasteiger partial charge in [0.1, 0.15) is 6.10 Å². The Labute approximate surface area is 91.2 Å². The maximum atomic E-state index is 9.93. The molecule has 2 heterocycles. The van der Waals surface area contributed by atoms with Crippen LogP contribution in [0.1, 0.15) is 16.5 Å². The Balaban J connectivity index is 2.22. The minimum atomic E-state index is -0.657. The molecule has 0 saturated heterocycles. The van der Waals surface area contributed by atoms with Crippen molar-refractivity contribution < 1.29 is 9.84 Å². The lowest BCUT2D eigenvalue weighted by atomic mass is 10.1. The van der Waals surface area contributed by atoms with Gasteiger partial charge in [0.25, 0.3) is 0 Å². The third kappa shape index (κ3) is 2.14. The van der Waals surface area contributed by atoms with E-state index in [-0.39, 0.29) is 0 Å². The molecule has 0 aromatic carbocycles. The van der Waals surface area contributed by atoms with E-state index in [4.69, 9.17) is 4.74 Å². The standard InChI is InChI=1S/C10H10N2O2S/c1-14-9-3-2-7(4-12-9)10(13)8-5-11-6-15-8/h2-6,10,13H,1H3. The second kappa shape index (κ2) is 4.37. The zero-order chi connectivity index (χ0) is 10.7. The summed E-state index contributed by atoms with van der Waals surface area (Å²) in [6.07, 6.45) is 2.60. The van der Waals surface area contributed by atoms with E-state index < -0.39 is 6.10 Å². The molecule has 1 N–H and O–H groups in total. The zero-order valence-corrected chi connectivity index (χ0v) is 8.94. The maximum Gasteiger partial charge on any atom is 0.212 e. The average Bonchev–Trinajstić information content (AvgIpc) is 2.82. The van der Waals surface area contributed by atoms with Gasteiger partial charge in [-0.15, -0.1) is 11.3 Å². The molecule has 0 aliphatic carbocycles. The summed E-state index contributed by atoms with van der Waals surface area (Å²) in [5.41, 5.74) is 2.43. The number of methoxy groups -OCH3 is 1. The van der Waals surface area contributed by atoms with E-state index >= 15 is 0 Å². The summed E-state index contributed by atoms with van der Waals surface area (Å²) in [6, 6.07) is 3.51. The molecule has 0 fully saturated rings. The quantitative estimate of drug-likeness (QED) is 0.857. The first-order valence-electron chi connectivity index (χ1n) is 4.37. The first kappa shape index (κ1) is 10.1. The van der Waals surface area contributed by atoms with Crippen LogP contribution in [0.15, 0.2) is 30.0 Å². The number of aromatic nitrogens is 2. The molecule has 78 valence electrons. The van der Waals surface area contributed by atoms with E-state index in [0.29, 0.717) is 5.88 Å². The number of pyridine rings is 1. The second-order valence-electron chi connectivity index (χ2n) is 2.94. The van der Waals surface area contributed by atoms with E-state index in [9.17, 15) is 5.11 Å². The highest BCUT2D eigenvalue weighted by atomic mass is 32.1. The van der Waals surface area contributed by atoms with Crippen molar-refractivity contribution in [2.24, 2.45) is 0 Å². The number of thiazole rings is 1. The fraction of sp³-hybridized carbons (Fsp3) is 0.200. The molecule has 2 aromatic heterocycles. The molecule has 1 unspecified atom stereocenters. The Morgan fingerprint density at radius 2 is 2.27 bits per heavy atom. The van der Waals surface area contributed by atoms with Crippen LogP contribution in [0.3, 0.4) is 0 Å². The summed E-state index contributed by atoms with van der Waals surface area (Å²) in [7, 11) is 1.56. The lowest BCUT2D eigenvalue weighted by molar-refractivity contribution is 0.223. The van der Waals surface area contributed by atoms with Gasteiger partial charge in [-0.25, -0.2) is 4.98 Å². The lowest BCUT2D eigenvalue weighted by Gasteiger charge is -2.07. The predicted molar refractivity (Wildman–Crippen MR) is 57.0 cm³/mol. The minimum absolute atomic E-state index is 0.537. The largest absolute Gasteiger partial charge is 0.481 e. The van der Waals surface area contributed by atoms with Crippen molar-refractivity contribution in [3.63, 3.8) is 0 Å². The molecule has 0 spiro atoms. The van der Waals surface area contributed by atoms with Gasteiger partial charge in [-0.1, -0.05) is 0 Å². The van der Waals surface area contributed by atoms with Gasteiger partial charge in [-0.05, 0) is 6.07 Å². The van der Waals surface area contributed by atoms with Crippen molar-refractivity contribution in [3.05, 3.63) is 40.5 Å². The third-order valence-corrected chi connectivity index (χ3v) is 2.83. The number of hydrogen-bond acceptors (Lipinski definition) is 5. The van der Waals surface area contributed by atoms with Gasteiger partial charge in [0.2, 0.25) is 5.88 Å². The van der Waals surface area contributed by atoms with Gasteiger partial charge < -0.3 is 9.84 Å². The molecule has 2 aromatic rings. The molecule has 15 heavy (non-hydrogen) atoms. The van der Waals surface area contributed by atoms with Crippen molar-refractivity contribution in [1.29, 1.82) is 0 Å². The topological polar surface area (TPSA) is 55.2 Å². The van der Waals surface area contributed by atoms with Crippen LogP contribution in [0.5, 0.6) is 5.88 Å². The summed E-state index contributed by atoms with van der Waals surface area (Å²) < 4.78 is 4.94. The molecule has 0 saturated carbocycles. The lowest BCUT2D eigenvalue weighted by Crippen LogP contribution is -1.98. The Morgan fingerprint density at radius 3 is 2.80 bits per heavy atom. The van der Waals surface area contributed by atoms with Gasteiger partial charge in [0.05, 0.1) is 17.5 Å². The van der Waals surface area contributed by atoms with E-state index in [0.717, 1.165) is 10.4 Å². The first-order valence-corrected chi connectivity index (χ1v) is 5.25. The van der Waals surface area contributed by atoms with Crippen molar-refractivity contribution in [3.8, 4) is 5.88 Å². The maximum absolute atomic E-state index is 9.93. The molecule has 0 amide bonds. The SMILES string of the molecule is COc1ccc(C(O)c2cncs2)cn1. The Bertz CT molecular complexity index is 413. The fourth-order valence-electron chi connectivity index (χ4n) is 1.20. The molecule has 2 rings (SSSR count). The highest BCUT2D eigenvalue weighted by Gasteiger charge is 2.12. The monoisotopic (exact) mass is 222 g/mol. The van der Waals surface area contributed by atoms with E-state index in [2.05, 4.69) is 9.97 Å². The van der Waals surface area contributed by atoms with Crippen molar-refractivity contribution in [1.82, 2.24) is 9.97 Å². The molecule has 0 radical (unpaired) electrons. The summed E-state index contributed by atoms with van der Waals surface area (Å²) in [4.78, 5) is 8.75. The van der Waals surface area contributed by atoms with Gasteiger partial charge in [0, 0.05) is 24.0 Å². The van der Waals surface area contributed by atoms with Crippen LogP contribution in [0, 0.1) is 0 Å². The van der Waals surface area contributed by atoms with Crippen LogP contribution >= 0.6 is 11.3 Å². The normalized spacial score (nSPS) is 12.4. The molecule has 0 bridgehead atoms. The molecule has 4 nitrogen and oxygen atoms in total. The summed E-state index contributed by atoms with van der Waals surface area (Å²) in [5.74, 6) is 0.537. The minimum Gasteiger partial charge on any atom is -0.481 e. The van der Waals surface area contributed by atoms with Crippen LogP contribution < -0.4 is 4.74 Å². The molecular weight excluding hydrogens is 212 g/mol. The van der Waals surface area contributed by atoms with Crippen LogP contribution in [-0.2, 0) is 0 Å². The van der Waals surface area contributed by atoms with Crippen molar-refractivity contribution >= 4 is 11.3 Å². The number of ether oxygens (including phenoxy) is 1. The first-order chi connectivity index (χ1) is 7.31. The molecule has 1 atom stereocenters. The van der Waals surface area contributed by atoms with Crippen molar-refractivity contribution in [2.45, 2.75) is 6.10 Å². The Kier molecular flexibility index (Phi) is 2.94. The number of aliphatic hydroxyl groups is 1. The van der Waals surface area contributed by atoms with Gasteiger partial charge in [0.15, 0.2) is 0 Å². The van der Waals surface area contributed by atoms with Crippen LogP contribution in [-0.4, -0.2) is 22.2 Å². The number of aliphatic hydroxyl groups excluding tert-OH is 1. The third-order valence-electron chi connectivity index (χ3n) is 2.01. The van der Waals surface area contributed by atoms with Crippen LogP contribution in [0.4, 0.5) is 0 Å². The predicted octanol–water partition coefficient (Wildman–Crippen LogP) is 1.63. The smallest absolute Gasteiger partial charge is 0.212 e. The van der Waals surface area contributed by atoms with E-state index in [1.165, 1.54) is 11.3 Å². The second-order valence-corrected chi connectivity index (χ2v) is 3.86. The molecular formula is C10H10N2O2S. The zero-order valence-electron chi connectivity index (χ0n) is 8.12. The van der Waals surface area contributed by atoms with Gasteiger partial charge in [-0.2, -0.15) is 0 Å². The van der Waals surface area contributed by atoms with Crippen LogP contribution in [0.25, 0.3) is 0 Å². The number of nitrogens with zero attached hydrogens (tertiary/aromatic N) is 2. The Hall–Kier alpha value is -1.46. The molecule has 0 aliphatic heterocycles. The average molecular weight is 222 g/mol. The molecule has 0 aliphatic rings. The van der Waals surface area contributed by atoms with Gasteiger partial charge in [-0.3, -0.25) is 4.98 Å². The van der Waals surface area contributed by atoms with E-state index in [1.54, 1.807) is 37.1 Å². The highest BCUT2D eigenvalue weighted by Crippen LogP contribution is 2.24. The summed E-state index contributed by atoms with van der Waals surface area (Å²) >= 11 is 1.42. The van der Waals surface area contributed by atoms with E-state index in [1.807, 2.05) is 0 Å². The fourth-order valence-corrected chi connectivity index (χ4v) is 1.83. The highest BCUT2D eigenvalue weighted by molar-refractivity contribution is 7.09.